The van der Waals surface area contributed by atoms with Gasteiger partial charge in [0, 0.05) is 98.1 Å². The molecule has 4 nitrogen and oxygen atoms in total. The molecule has 1 aliphatic rings. The molecule has 18 heavy (non-hydrogen) atoms. The van der Waals surface area contributed by atoms with Crippen LogP contribution in [0.1, 0.15) is 0 Å². The summed E-state index contributed by atoms with van der Waals surface area (Å²) in [6.07, 6.45) is 0. The molecule has 0 aliphatic carbocycles. The van der Waals surface area contributed by atoms with Gasteiger partial charge in [-0.1, -0.05) is 0 Å². The fourth-order valence-corrected chi connectivity index (χ4v) is 10.4. The zero-order chi connectivity index (χ0) is 9.14. The van der Waals surface area contributed by atoms with E-state index < -0.39 is 37.1 Å². The summed E-state index contributed by atoms with van der Waals surface area (Å²) in [7, 11) is -4.76. The zero-order valence-electron chi connectivity index (χ0n) is 12.4. The van der Waals surface area contributed by atoms with Gasteiger partial charge < -0.3 is 38.7 Å². The van der Waals surface area contributed by atoms with Crippen LogP contribution in [-0.4, -0.2) is 37.1 Å². The van der Waals surface area contributed by atoms with Crippen LogP contribution in [0, 0.1) is 22.3 Å². The Hall–Kier alpha value is 4.02. The first-order valence-corrected chi connectivity index (χ1v) is 11.3. The van der Waals surface area contributed by atoms with Gasteiger partial charge >= 0.3 is 27.9 Å². The third-order valence-electron chi connectivity index (χ3n) is 1.24. The molecule has 6 radical (unpaired) electrons. The Balaban J connectivity index is -0.0000000600. The zero-order valence-corrected chi connectivity index (χ0v) is 25.1. The van der Waals surface area contributed by atoms with Crippen molar-refractivity contribution in [1.29, 1.82) is 0 Å². The van der Waals surface area contributed by atoms with Crippen LogP contribution in [0.4, 0.5) is 0 Å². The van der Waals surface area contributed by atoms with Crippen LogP contribution in [0.3, 0.4) is 0 Å². The maximum atomic E-state index is 5.60. The van der Waals surface area contributed by atoms with Gasteiger partial charge in [-0.2, -0.15) is 0 Å². The van der Waals surface area contributed by atoms with E-state index in [1.807, 2.05) is 26.2 Å². The summed E-state index contributed by atoms with van der Waals surface area (Å²) in [4.78, 5) is 0. The average Bonchev–Trinajstić information content (AvgIpc) is 1.81. The monoisotopic (exact) mass is 549 g/mol. The first-order chi connectivity index (χ1) is 5.58. The van der Waals surface area contributed by atoms with Gasteiger partial charge in [-0.25, -0.2) is 0 Å². The van der Waals surface area contributed by atoms with Gasteiger partial charge in [0.25, 0.3) is 9.28 Å². The van der Waals surface area contributed by atoms with Crippen molar-refractivity contribution >= 4 is 37.1 Å². The Labute approximate surface area is 196 Å². The molecule has 102 valence electrons. The minimum Gasteiger partial charge on any atom is -0.417 e. The van der Waals surface area contributed by atoms with Gasteiger partial charge in [0.05, 0.1) is 0 Å². The summed E-state index contributed by atoms with van der Waals surface area (Å²) >= 11 is 0. The van der Waals surface area contributed by atoms with E-state index in [0.717, 1.165) is 0 Å². The Bertz CT molecular complexity index is 123. The second-order valence-electron chi connectivity index (χ2n) is 2.48. The number of rotatable bonds is 0. The SMILES string of the molecule is C[Si]1O[Si](C)O[SiH](C)O[Si](C)O1.[CH3-].[CH3-].[CH3-].[Y].[Y].[Y]. The second-order valence-corrected chi connectivity index (χ2v) is 10.1. The van der Waals surface area contributed by atoms with Gasteiger partial charge in [-0.15, -0.1) is 0 Å². The molecule has 1 aliphatic heterocycles. The minimum atomic E-state index is -1.45. The van der Waals surface area contributed by atoms with E-state index in [1.165, 1.54) is 0 Å². The molecule has 1 fully saturated rings. The van der Waals surface area contributed by atoms with Crippen molar-refractivity contribution in [3.63, 3.8) is 0 Å². The predicted molar refractivity (Wildman–Crippen MR) is 71.4 cm³/mol. The molecular weight excluding hydrogens is 527 g/mol. The molecule has 0 saturated carbocycles. The molecule has 1 saturated heterocycles. The molecule has 0 N–H and O–H groups in total. The van der Waals surface area contributed by atoms with Crippen LogP contribution in [0.5, 0.6) is 0 Å². The Morgan fingerprint density at radius 1 is 0.667 bits per heavy atom. The molecule has 0 bridgehead atoms. The van der Waals surface area contributed by atoms with Crippen LogP contribution < -0.4 is 0 Å². The fourth-order valence-electron chi connectivity index (χ4n) is 0.965. The van der Waals surface area contributed by atoms with Gasteiger partial charge in [-0.3, -0.25) is 0 Å². The van der Waals surface area contributed by atoms with E-state index in [1.54, 1.807) is 0 Å². The largest absolute Gasteiger partial charge is 0.417 e. The Kier molecular flexibility index (Phi) is 44.3. The van der Waals surface area contributed by atoms with Crippen molar-refractivity contribution < 1.29 is 115 Å². The van der Waals surface area contributed by atoms with Gasteiger partial charge in [0.15, 0.2) is 0 Å². The van der Waals surface area contributed by atoms with Crippen LogP contribution in [0.15, 0.2) is 0 Å². The second kappa shape index (κ2) is 21.0. The number of hydrogen-bond acceptors (Lipinski definition) is 4. The first-order valence-electron chi connectivity index (χ1n) is 3.77. The van der Waals surface area contributed by atoms with Gasteiger partial charge in [0.2, 0.25) is 0 Å². The summed E-state index contributed by atoms with van der Waals surface area (Å²) in [6, 6.07) is 0. The van der Waals surface area contributed by atoms with E-state index in [0.29, 0.717) is 0 Å². The third-order valence-corrected chi connectivity index (χ3v) is 11.1. The van der Waals surface area contributed by atoms with E-state index in [-0.39, 0.29) is 120 Å². The predicted octanol–water partition coefficient (Wildman–Crippen LogP) is 1.61. The first kappa shape index (κ1) is 37.9. The van der Waals surface area contributed by atoms with Crippen LogP contribution in [0.2, 0.25) is 26.2 Å². The third kappa shape index (κ3) is 18.1. The molecule has 0 aromatic heterocycles. The summed E-state index contributed by atoms with van der Waals surface area (Å²) in [5.41, 5.74) is 0. The summed E-state index contributed by atoms with van der Waals surface area (Å²) in [5.74, 6) is 0. The maximum absolute atomic E-state index is 5.60. The van der Waals surface area contributed by atoms with Gasteiger partial charge in [-0.05, 0) is 26.2 Å². The average molecular weight is 549 g/mol. The van der Waals surface area contributed by atoms with Crippen molar-refractivity contribution in [1.82, 2.24) is 0 Å². The van der Waals surface area contributed by atoms with Gasteiger partial charge in [0.1, 0.15) is 0 Å². The Morgan fingerprint density at radius 3 is 1.22 bits per heavy atom. The quantitative estimate of drug-likeness (QED) is 0.340. The molecule has 11 heteroatoms. The minimum absolute atomic E-state index is 0. The summed E-state index contributed by atoms with van der Waals surface area (Å²) in [5, 5.41) is 0. The fraction of sp³-hybridized carbons (Fsp3) is 0.571. The van der Waals surface area contributed by atoms with Crippen molar-refractivity contribution in [2.45, 2.75) is 26.2 Å². The van der Waals surface area contributed by atoms with E-state index in [9.17, 15) is 0 Å². The smallest absolute Gasteiger partial charge is 0.362 e. The van der Waals surface area contributed by atoms with Crippen molar-refractivity contribution in [3.05, 3.63) is 22.3 Å². The molecule has 1 rings (SSSR count). The van der Waals surface area contributed by atoms with Crippen LogP contribution in [-0.2, 0) is 115 Å². The molecule has 0 aromatic carbocycles. The van der Waals surface area contributed by atoms with E-state index >= 15 is 0 Å². The molecule has 0 aromatic rings. The maximum Gasteiger partial charge on any atom is 0.362 e. The van der Waals surface area contributed by atoms with Crippen LogP contribution in [0.25, 0.3) is 0 Å². The Morgan fingerprint density at radius 2 is 0.944 bits per heavy atom. The molecule has 0 atom stereocenters. The summed E-state index contributed by atoms with van der Waals surface area (Å²) in [6.45, 7) is 7.98. The topological polar surface area (TPSA) is 36.9 Å². The van der Waals surface area contributed by atoms with Crippen LogP contribution >= 0.6 is 0 Å². The number of hydrogen-bond donors (Lipinski definition) is 0. The van der Waals surface area contributed by atoms with Crippen molar-refractivity contribution in [2.75, 3.05) is 0 Å². The molecule has 0 amide bonds. The standard InChI is InChI=1S/C4H13O4Si4.3CH3.3Y/c1-9-5-10(2)7-12(4)8-11(3)6-9;;;;;;/h9H,1-4H3;3*1H3;;;/q;3*-1;;;. The molecule has 0 unspecified atom stereocenters. The van der Waals surface area contributed by atoms with E-state index in [4.69, 9.17) is 16.5 Å². The van der Waals surface area contributed by atoms with Crippen molar-refractivity contribution in [2.24, 2.45) is 0 Å². The molecule has 0 spiro atoms. The molecule has 1 heterocycles. The summed E-state index contributed by atoms with van der Waals surface area (Å²) < 4.78 is 22.3. The molecular formula is C7H22O4Si4Y3-3. The normalized spacial score (nSPS) is 18.0. The van der Waals surface area contributed by atoms with Crippen molar-refractivity contribution in [3.8, 4) is 0 Å². The van der Waals surface area contributed by atoms with E-state index in [2.05, 4.69) is 0 Å².